The molecule has 1 saturated heterocycles. The molecule has 1 N–H and O–H groups in total. The molecular weight excluding hydrogens is 471 g/mol. The summed E-state index contributed by atoms with van der Waals surface area (Å²) < 4.78 is 41.3. The van der Waals surface area contributed by atoms with Crippen molar-refractivity contribution in [2.75, 3.05) is 19.6 Å². The molecule has 1 fully saturated rings. The first-order chi connectivity index (χ1) is 16.8. The molecule has 0 spiro atoms. The molecule has 0 radical (unpaired) electrons. The first-order valence-electron chi connectivity index (χ1n) is 11.7. The Morgan fingerprint density at radius 3 is 2.29 bits per heavy atom. The zero-order valence-corrected chi connectivity index (χ0v) is 20.1. The van der Waals surface area contributed by atoms with Crippen LogP contribution in [0.25, 0.3) is 11.1 Å². The minimum atomic E-state index is -4.42. The lowest BCUT2D eigenvalue weighted by Crippen LogP contribution is -2.34. The second-order valence-corrected chi connectivity index (χ2v) is 9.91. The number of alkyl halides is 3. The van der Waals surface area contributed by atoms with Crippen molar-refractivity contribution in [1.29, 1.82) is 0 Å². The molecule has 3 aromatic carbocycles. The van der Waals surface area contributed by atoms with E-state index < -0.39 is 17.7 Å². The number of piperidine rings is 1. The number of benzene rings is 3. The van der Waals surface area contributed by atoms with E-state index in [0.717, 1.165) is 31.5 Å². The highest BCUT2D eigenvalue weighted by Gasteiger charge is 2.34. The Labute approximate surface area is 208 Å². The third-order valence-corrected chi connectivity index (χ3v) is 7.53. The van der Waals surface area contributed by atoms with Crippen molar-refractivity contribution < 1.29 is 23.1 Å². The smallest absolute Gasteiger partial charge is 0.417 e. The van der Waals surface area contributed by atoms with E-state index in [1.54, 1.807) is 42.5 Å². The van der Waals surface area contributed by atoms with Gasteiger partial charge in [-0.2, -0.15) is 13.2 Å². The number of hydrogen-bond donors (Lipinski definition) is 1. The van der Waals surface area contributed by atoms with E-state index >= 15 is 0 Å². The summed E-state index contributed by atoms with van der Waals surface area (Å²) in [7, 11) is 0. The molecule has 1 aliphatic heterocycles. The fraction of sp³-hybridized carbons (Fsp3) is 0.321. The number of hydrogen-bond acceptors (Lipinski definition) is 3. The molecular formula is C28H28F3NO2S. The molecule has 0 bridgehead atoms. The lowest BCUT2D eigenvalue weighted by Gasteiger charge is -2.31. The minimum absolute atomic E-state index is 0.177. The van der Waals surface area contributed by atoms with Crippen molar-refractivity contribution in [3.05, 3.63) is 89.5 Å². The topological polar surface area (TPSA) is 40.5 Å². The van der Waals surface area contributed by atoms with Crippen molar-refractivity contribution in [2.45, 2.75) is 42.0 Å². The minimum Gasteiger partial charge on any atom is -0.481 e. The average Bonchev–Trinajstić information content (AvgIpc) is 2.87. The third-order valence-electron chi connectivity index (χ3n) is 6.47. The molecule has 4 rings (SSSR count). The molecule has 0 aromatic heterocycles. The monoisotopic (exact) mass is 499 g/mol. The molecule has 0 atom stereocenters. The molecule has 3 nitrogen and oxygen atoms in total. The van der Waals surface area contributed by atoms with Crippen molar-refractivity contribution in [2.24, 2.45) is 0 Å². The third kappa shape index (κ3) is 6.89. The summed E-state index contributed by atoms with van der Waals surface area (Å²) in [6, 6.07) is 21.6. The number of thioether (sulfide) groups is 1. The number of halogens is 3. The second-order valence-electron chi connectivity index (χ2n) is 8.86. The molecule has 3 aromatic rings. The summed E-state index contributed by atoms with van der Waals surface area (Å²) in [6.07, 6.45) is -2.24. The van der Waals surface area contributed by atoms with Gasteiger partial charge in [0.15, 0.2) is 0 Å². The first-order valence-corrected chi connectivity index (χ1v) is 12.7. The van der Waals surface area contributed by atoms with Crippen LogP contribution < -0.4 is 0 Å². The largest absolute Gasteiger partial charge is 0.481 e. The van der Waals surface area contributed by atoms with E-state index in [2.05, 4.69) is 29.2 Å². The van der Waals surface area contributed by atoms with Crippen LogP contribution in [0, 0.1) is 0 Å². The van der Waals surface area contributed by atoms with Gasteiger partial charge in [0, 0.05) is 17.2 Å². The van der Waals surface area contributed by atoms with E-state index in [-0.39, 0.29) is 12.0 Å². The maximum absolute atomic E-state index is 13.8. The molecule has 7 heteroatoms. The fourth-order valence-electron chi connectivity index (χ4n) is 4.51. The Kier molecular flexibility index (Phi) is 8.19. The summed E-state index contributed by atoms with van der Waals surface area (Å²) in [5.74, 6) is 0.288. The van der Waals surface area contributed by atoms with Crippen LogP contribution in [0.5, 0.6) is 0 Å². The van der Waals surface area contributed by atoms with Crippen LogP contribution in [0.4, 0.5) is 13.2 Å². The number of carbonyl (C=O) groups is 1. The van der Waals surface area contributed by atoms with E-state index in [1.165, 1.54) is 23.4 Å². The standard InChI is InChI=1S/C28H28F3NO2S/c29-28(30,31)26-18-24(10-11-25(26)23-4-2-1-3-5-23)35-19-20-6-8-21(9-7-20)22-12-15-32(16-13-22)17-14-27(33)34/h1-11,18,22H,12-17,19H2,(H,33,34). The van der Waals surface area contributed by atoms with Crippen LogP contribution in [0.2, 0.25) is 0 Å². The van der Waals surface area contributed by atoms with Gasteiger partial charge in [-0.25, -0.2) is 0 Å². The summed E-state index contributed by atoms with van der Waals surface area (Å²) in [5, 5.41) is 8.85. The Morgan fingerprint density at radius 2 is 1.66 bits per heavy atom. The fourth-order valence-corrected chi connectivity index (χ4v) is 5.40. The maximum atomic E-state index is 13.8. The molecule has 1 heterocycles. The van der Waals surface area contributed by atoms with E-state index in [0.29, 0.717) is 28.7 Å². The van der Waals surface area contributed by atoms with Crippen molar-refractivity contribution in [1.82, 2.24) is 4.90 Å². The molecule has 184 valence electrons. The normalized spacial score (nSPS) is 15.3. The van der Waals surface area contributed by atoms with E-state index in [9.17, 15) is 18.0 Å². The van der Waals surface area contributed by atoms with Gasteiger partial charge in [0.2, 0.25) is 0 Å². The van der Waals surface area contributed by atoms with Gasteiger partial charge < -0.3 is 10.0 Å². The van der Waals surface area contributed by atoms with Crippen molar-refractivity contribution in [3.8, 4) is 11.1 Å². The zero-order chi connectivity index (χ0) is 24.8. The lowest BCUT2D eigenvalue weighted by molar-refractivity contribution is -0.138. The molecule has 0 saturated carbocycles. The van der Waals surface area contributed by atoms with Crippen LogP contribution in [0.15, 0.2) is 77.7 Å². The van der Waals surface area contributed by atoms with Gasteiger partial charge in [-0.15, -0.1) is 11.8 Å². The number of likely N-dealkylation sites (tertiary alicyclic amines) is 1. The number of carboxylic acids is 1. The van der Waals surface area contributed by atoms with Crippen molar-refractivity contribution in [3.63, 3.8) is 0 Å². The second kappa shape index (κ2) is 11.3. The molecule has 35 heavy (non-hydrogen) atoms. The summed E-state index contributed by atoms with van der Waals surface area (Å²) in [6.45, 7) is 2.40. The van der Waals surface area contributed by atoms with Gasteiger partial charge in [0.1, 0.15) is 0 Å². The highest BCUT2D eigenvalue weighted by Crippen LogP contribution is 2.40. The number of rotatable bonds is 8. The number of aliphatic carboxylic acids is 1. The van der Waals surface area contributed by atoms with Crippen LogP contribution >= 0.6 is 11.8 Å². The average molecular weight is 500 g/mol. The van der Waals surface area contributed by atoms with Crippen molar-refractivity contribution >= 4 is 17.7 Å². The van der Waals surface area contributed by atoms with E-state index in [4.69, 9.17) is 5.11 Å². The Morgan fingerprint density at radius 1 is 0.971 bits per heavy atom. The number of carboxylic acid groups (broad SMARTS) is 1. The number of nitrogens with zero attached hydrogens (tertiary/aromatic N) is 1. The Hall–Kier alpha value is -2.77. The van der Waals surface area contributed by atoms with Gasteiger partial charge in [-0.05, 0) is 66.2 Å². The van der Waals surface area contributed by atoms with Gasteiger partial charge in [0.25, 0.3) is 0 Å². The molecule has 0 unspecified atom stereocenters. The first kappa shape index (κ1) is 25.3. The van der Waals surface area contributed by atoms with Crippen LogP contribution in [0.3, 0.4) is 0 Å². The molecule has 0 aliphatic carbocycles. The maximum Gasteiger partial charge on any atom is 0.417 e. The van der Waals surface area contributed by atoms with Crippen LogP contribution in [-0.2, 0) is 16.7 Å². The van der Waals surface area contributed by atoms with E-state index in [1.807, 2.05) is 0 Å². The predicted molar refractivity (Wildman–Crippen MR) is 134 cm³/mol. The predicted octanol–water partition coefficient (Wildman–Crippen LogP) is 7.32. The lowest BCUT2D eigenvalue weighted by atomic mass is 9.89. The Bertz CT molecular complexity index is 1130. The quantitative estimate of drug-likeness (QED) is 0.330. The summed E-state index contributed by atoms with van der Waals surface area (Å²) in [4.78, 5) is 13.6. The van der Waals surface area contributed by atoms with Gasteiger partial charge >= 0.3 is 12.1 Å². The summed E-state index contributed by atoms with van der Waals surface area (Å²) >= 11 is 1.40. The zero-order valence-electron chi connectivity index (χ0n) is 19.3. The highest BCUT2D eigenvalue weighted by atomic mass is 32.2. The molecule has 1 aliphatic rings. The molecule has 0 amide bonds. The van der Waals surface area contributed by atoms with Gasteiger partial charge in [0.05, 0.1) is 12.0 Å². The SMILES string of the molecule is O=C(O)CCN1CCC(c2ccc(CSc3ccc(-c4ccccc4)c(C(F)(F)F)c3)cc2)CC1. The van der Waals surface area contributed by atoms with Crippen LogP contribution in [-0.4, -0.2) is 35.6 Å². The Balaban J connectivity index is 1.37. The highest BCUT2D eigenvalue weighted by molar-refractivity contribution is 7.98. The van der Waals surface area contributed by atoms with Gasteiger partial charge in [-0.3, -0.25) is 4.79 Å². The van der Waals surface area contributed by atoms with Gasteiger partial charge in [-0.1, -0.05) is 60.7 Å². The van der Waals surface area contributed by atoms with Crippen LogP contribution in [0.1, 0.15) is 41.9 Å². The summed E-state index contributed by atoms with van der Waals surface area (Å²) in [5.41, 5.74) is 2.47.